The lowest BCUT2D eigenvalue weighted by molar-refractivity contribution is 0.119. The van der Waals surface area contributed by atoms with Gasteiger partial charge in [-0.25, -0.2) is 8.78 Å². The van der Waals surface area contributed by atoms with E-state index in [9.17, 15) is 8.78 Å². The van der Waals surface area contributed by atoms with Crippen LogP contribution < -0.4 is 5.32 Å². The maximum Gasteiger partial charge on any atom is 0.132 e. The van der Waals surface area contributed by atoms with Crippen LogP contribution in [0, 0.1) is 17.6 Å². The molecule has 2 fully saturated rings. The fourth-order valence-corrected chi connectivity index (χ4v) is 4.19. The summed E-state index contributed by atoms with van der Waals surface area (Å²) in [6.45, 7) is 3.50. The third-order valence-electron chi connectivity index (χ3n) is 4.73. The van der Waals surface area contributed by atoms with Crippen molar-refractivity contribution in [1.29, 1.82) is 0 Å². The summed E-state index contributed by atoms with van der Waals surface area (Å²) in [5, 5.41) is 3.31. The van der Waals surface area contributed by atoms with Crippen molar-refractivity contribution < 1.29 is 8.78 Å². The van der Waals surface area contributed by atoms with E-state index in [1.165, 1.54) is 25.0 Å². The SMILES string of the molecule is Cl.Cl.Fc1cc(Br)cc(F)c1[C@H](C1CCCC1)N1CCNCC1. The van der Waals surface area contributed by atoms with Gasteiger partial charge < -0.3 is 5.32 Å². The van der Waals surface area contributed by atoms with Crippen molar-refractivity contribution in [2.45, 2.75) is 31.7 Å². The molecule has 0 bridgehead atoms. The van der Waals surface area contributed by atoms with E-state index in [1.807, 2.05) is 0 Å². The predicted octanol–water partition coefficient (Wildman–Crippen LogP) is 4.71. The zero-order valence-electron chi connectivity index (χ0n) is 12.9. The molecule has 1 aliphatic carbocycles. The molecule has 1 N–H and O–H groups in total. The number of benzene rings is 1. The van der Waals surface area contributed by atoms with Gasteiger partial charge in [0.05, 0.1) is 0 Å². The van der Waals surface area contributed by atoms with Gasteiger partial charge in [0.2, 0.25) is 0 Å². The lowest BCUT2D eigenvalue weighted by Gasteiger charge is -2.38. The van der Waals surface area contributed by atoms with Gasteiger partial charge >= 0.3 is 0 Å². The molecule has 1 atom stereocenters. The minimum atomic E-state index is -0.419. The third kappa shape index (κ3) is 4.79. The molecule has 0 amide bonds. The fourth-order valence-electron chi connectivity index (χ4n) is 3.79. The van der Waals surface area contributed by atoms with Gasteiger partial charge in [-0.3, -0.25) is 4.90 Å². The molecule has 2 aliphatic rings. The lowest BCUT2D eigenvalue weighted by Crippen LogP contribution is -2.47. The first-order chi connectivity index (χ1) is 10.2. The Labute approximate surface area is 157 Å². The first kappa shape index (κ1) is 21.1. The quantitative estimate of drug-likeness (QED) is 0.745. The van der Waals surface area contributed by atoms with Crippen molar-refractivity contribution in [2.24, 2.45) is 5.92 Å². The van der Waals surface area contributed by atoms with Crippen LogP contribution in [0.15, 0.2) is 16.6 Å². The molecular weight excluding hydrogens is 409 g/mol. The van der Waals surface area contributed by atoms with Crippen molar-refractivity contribution in [2.75, 3.05) is 26.2 Å². The zero-order chi connectivity index (χ0) is 14.8. The summed E-state index contributed by atoms with van der Waals surface area (Å²) < 4.78 is 29.4. The Kier molecular flexibility index (Phi) is 8.73. The molecular formula is C16H23BrCl2F2N2. The van der Waals surface area contributed by atoms with Crippen molar-refractivity contribution in [1.82, 2.24) is 10.2 Å². The van der Waals surface area contributed by atoms with E-state index in [2.05, 4.69) is 26.1 Å². The molecule has 1 aromatic carbocycles. The molecule has 1 saturated heterocycles. The van der Waals surface area contributed by atoms with Crippen LogP contribution in [0.4, 0.5) is 8.78 Å². The molecule has 132 valence electrons. The molecule has 23 heavy (non-hydrogen) atoms. The van der Waals surface area contributed by atoms with Crippen molar-refractivity contribution in [3.63, 3.8) is 0 Å². The van der Waals surface area contributed by atoms with E-state index in [0.717, 1.165) is 39.0 Å². The molecule has 0 unspecified atom stereocenters. The van der Waals surface area contributed by atoms with Crippen molar-refractivity contribution in [3.05, 3.63) is 33.8 Å². The minimum Gasteiger partial charge on any atom is -0.314 e. The van der Waals surface area contributed by atoms with E-state index < -0.39 is 11.6 Å². The number of hydrogen-bond acceptors (Lipinski definition) is 2. The highest BCUT2D eigenvalue weighted by molar-refractivity contribution is 9.10. The normalized spacial score (nSPS) is 20.7. The smallest absolute Gasteiger partial charge is 0.132 e. The summed E-state index contributed by atoms with van der Waals surface area (Å²) in [7, 11) is 0. The summed E-state index contributed by atoms with van der Waals surface area (Å²) in [5.74, 6) is -0.470. The van der Waals surface area contributed by atoms with Crippen LogP contribution in [0.5, 0.6) is 0 Å². The van der Waals surface area contributed by atoms with E-state index in [1.54, 1.807) is 0 Å². The minimum absolute atomic E-state index is 0. The highest BCUT2D eigenvalue weighted by Crippen LogP contribution is 2.41. The standard InChI is InChI=1S/C16H21BrF2N2.2ClH/c17-12-9-13(18)15(14(19)10-12)16(11-3-1-2-4-11)21-7-5-20-6-8-21;;/h9-11,16,20H,1-8H2;2*1H/t16-;;/m0../s1. The van der Waals surface area contributed by atoms with Crippen molar-refractivity contribution in [3.8, 4) is 0 Å². The summed E-state index contributed by atoms with van der Waals surface area (Å²) in [6, 6.07) is 2.66. The van der Waals surface area contributed by atoms with Gasteiger partial charge in [-0.1, -0.05) is 28.8 Å². The van der Waals surface area contributed by atoms with Crippen LogP contribution in [0.2, 0.25) is 0 Å². The molecule has 3 rings (SSSR count). The van der Waals surface area contributed by atoms with Gasteiger partial charge in [0, 0.05) is 42.3 Å². The third-order valence-corrected chi connectivity index (χ3v) is 5.19. The number of nitrogens with zero attached hydrogens (tertiary/aromatic N) is 1. The Morgan fingerprint density at radius 1 is 1.04 bits per heavy atom. The van der Waals surface area contributed by atoms with Crippen LogP contribution in [-0.4, -0.2) is 31.1 Å². The second-order valence-corrected chi connectivity index (χ2v) is 6.97. The summed E-state index contributed by atoms with van der Waals surface area (Å²) in [4.78, 5) is 2.27. The monoisotopic (exact) mass is 430 g/mol. The molecule has 1 heterocycles. The average molecular weight is 432 g/mol. The van der Waals surface area contributed by atoms with Crippen LogP contribution in [0.1, 0.15) is 37.3 Å². The molecule has 1 aliphatic heterocycles. The van der Waals surface area contributed by atoms with Gasteiger partial charge in [-0.2, -0.15) is 0 Å². The number of rotatable bonds is 3. The molecule has 1 aromatic rings. The fraction of sp³-hybridized carbons (Fsp3) is 0.625. The first-order valence-electron chi connectivity index (χ1n) is 7.76. The largest absolute Gasteiger partial charge is 0.314 e. The second-order valence-electron chi connectivity index (χ2n) is 6.06. The molecule has 0 radical (unpaired) electrons. The van der Waals surface area contributed by atoms with E-state index in [0.29, 0.717) is 10.4 Å². The Bertz CT molecular complexity index is 484. The Morgan fingerprint density at radius 3 is 2.09 bits per heavy atom. The zero-order valence-corrected chi connectivity index (χ0v) is 16.1. The molecule has 0 aromatic heterocycles. The number of piperazine rings is 1. The predicted molar refractivity (Wildman–Crippen MR) is 97.7 cm³/mol. The molecule has 7 heteroatoms. The van der Waals surface area contributed by atoms with Gasteiger partial charge in [0.15, 0.2) is 0 Å². The van der Waals surface area contributed by atoms with E-state index in [-0.39, 0.29) is 36.4 Å². The molecule has 2 nitrogen and oxygen atoms in total. The van der Waals surface area contributed by atoms with Crippen molar-refractivity contribution >= 4 is 40.7 Å². The molecule has 1 saturated carbocycles. The maximum absolute atomic E-state index is 14.5. The average Bonchev–Trinajstić information content (AvgIpc) is 2.97. The number of hydrogen-bond donors (Lipinski definition) is 1. The second kappa shape index (κ2) is 9.52. The van der Waals surface area contributed by atoms with Crippen LogP contribution in [-0.2, 0) is 0 Å². The van der Waals surface area contributed by atoms with Gasteiger partial charge in [0.1, 0.15) is 11.6 Å². The number of halogens is 5. The Balaban J connectivity index is 0.00000132. The van der Waals surface area contributed by atoms with Crippen LogP contribution in [0.25, 0.3) is 0 Å². The Morgan fingerprint density at radius 2 is 1.57 bits per heavy atom. The van der Waals surface area contributed by atoms with E-state index in [4.69, 9.17) is 0 Å². The van der Waals surface area contributed by atoms with Crippen LogP contribution in [0.3, 0.4) is 0 Å². The van der Waals surface area contributed by atoms with Gasteiger partial charge in [0.25, 0.3) is 0 Å². The summed E-state index contributed by atoms with van der Waals surface area (Å²) in [6.07, 6.45) is 4.49. The lowest BCUT2D eigenvalue weighted by atomic mass is 9.89. The first-order valence-corrected chi connectivity index (χ1v) is 8.55. The molecule has 0 spiro atoms. The maximum atomic E-state index is 14.5. The summed E-state index contributed by atoms with van der Waals surface area (Å²) >= 11 is 3.17. The summed E-state index contributed by atoms with van der Waals surface area (Å²) in [5.41, 5.74) is 0.270. The van der Waals surface area contributed by atoms with Gasteiger partial charge in [-0.05, 0) is 30.9 Å². The van der Waals surface area contributed by atoms with Gasteiger partial charge in [-0.15, -0.1) is 24.8 Å². The highest BCUT2D eigenvalue weighted by Gasteiger charge is 2.35. The topological polar surface area (TPSA) is 15.3 Å². The highest BCUT2D eigenvalue weighted by atomic mass is 79.9. The Hall–Kier alpha value is 0.0600. The van der Waals surface area contributed by atoms with Crippen LogP contribution >= 0.6 is 40.7 Å². The van der Waals surface area contributed by atoms with E-state index >= 15 is 0 Å². The number of nitrogens with one attached hydrogen (secondary N) is 1.